The maximum absolute atomic E-state index is 6.51. The molecule has 0 fully saturated rings. The van der Waals surface area contributed by atoms with Gasteiger partial charge in [-0.15, -0.1) is 0 Å². The van der Waals surface area contributed by atoms with Gasteiger partial charge in [-0.25, -0.2) is 0 Å². The number of furan rings is 2. The average molecular weight is 602 g/mol. The van der Waals surface area contributed by atoms with E-state index in [2.05, 4.69) is 157 Å². The molecule has 0 bridgehead atoms. The van der Waals surface area contributed by atoms with Crippen molar-refractivity contribution in [3.05, 3.63) is 164 Å². The van der Waals surface area contributed by atoms with E-state index in [1.165, 1.54) is 32.7 Å². The molecule has 0 saturated carbocycles. The lowest BCUT2D eigenvalue weighted by atomic mass is 9.98. The first-order valence-electron chi connectivity index (χ1n) is 15.9. The summed E-state index contributed by atoms with van der Waals surface area (Å²) in [5.74, 6) is 0. The van der Waals surface area contributed by atoms with Crippen LogP contribution in [0.4, 0.5) is 17.1 Å². The number of anilines is 3. The molecule has 0 unspecified atom stereocenters. The van der Waals surface area contributed by atoms with Crippen molar-refractivity contribution >= 4 is 82.5 Å². The lowest BCUT2D eigenvalue weighted by Gasteiger charge is -2.25. The number of hydrogen-bond donors (Lipinski definition) is 0. The molecule has 0 amide bonds. The third kappa shape index (κ3) is 4.07. The Labute approximate surface area is 270 Å². The zero-order valence-corrected chi connectivity index (χ0v) is 25.4. The third-order valence-corrected chi connectivity index (χ3v) is 9.45. The summed E-state index contributed by atoms with van der Waals surface area (Å²) in [5, 5.41) is 9.39. The monoisotopic (exact) mass is 601 g/mol. The highest BCUT2D eigenvalue weighted by Gasteiger charge is 2.18. The molecule has 0 spiro atoms. The Balaban J connectivity index is 1.16. The second-order valence-electron chi connectivity index (χ2n) is 12.1. The predicted molar refractivity (Wildman–Crippen MR) is 196 cm³/mol. The molecule has 8 aromatic carbocycles. The summed E-state index contributed by atoms with van der Waals surface area (Å²) in [6.07, 6.45) is 0. The van der Waals surface area contributed by atoms with Crippen LogP contribution >= 0.6 is 0 Å². The fraction of sp³-hybridized carbons (Fsp3) is 0. The predicted octanol–water partition coefficient (Wildman–Crippen LogP) is 12.9. The molecule has 10 aromatic rings. The molecule has 2 heterocycles. The Hall–Kier alpha value is -6.32. The third-order valence-electron chi connectivity index (χ3n) is 9.45. The van der Waals surface area contributed by atoms with Gasteiger partial charge in [0.15, 0.2) is 0 Å². The minimum Gasteiger partial charge on any atom is -0.456 e. The average Bonchev–Trinajstić information content (AvgIpc) is 3.70. The smallest absolute Gasteiger partial charge is 0.137 e. The first kappa shape index (κ1) is 26.0. The Morgan fingerprint density at radius 1 is 0.340 bits per heavy atom. The molecule has 0 aliphatic heterocycles. The van der Waals surface area contributed by atoms with E-state index in [-0.39, 0.29) is 0 Å². The van der Waals surface area contributed by atoms with E-state index in [9.17, 15) is 0 Å². The molecule has 2 aromatic heterocycles. The molecule has 3 heteroatoms. The summed E-state index contributed by atoms with van der Waals surface area (Å²) < 4.78 is 12.8. The largest absolute Gasteiger partial charge is 0.456 e. The molecular formula is C44H27NO2. The van der Waals surface area contributed by atoms with E-state index in [0.29, 0.717) is 0 Å². The van der Waals surface area contributed by atoms with Gasteiger partial charge >= 0.3 is 0 Å². The van der Waals surface area contributed by atoms with Crippen LogP contribution in [-0.2, 0) is 0 Å². The molecule has 0 aliphatic carbocycles. The zero-order chi connectivity index (χ0) is 30.9. The minimum atomic E-state index is 0.857. The first-order chi connectivity index (χ1) is 23.3. The molecular weight excluding hydrogens is 574 g/mol. The fourth-order valence-corrected chi connectivity index (χ4v) is 7.24. The fourth-order valence-electron chi connectivity index (χ4n) is 7.24. The van der Waals surface area contributed by atoms with Crippen molar-refractivity contribution in [2.75, 3.05) is 4.90 Å². The Morgan fingerprint density at radius 3 is 1.72 bits per heavy atom. The van der Waals surface area contributed by atoms with Gasteiger partial charge in [-0.3, -0.25) is 0 Å². The van der Waals surface area contributed by atoms with Gasteiger partial charge in [-0.1, -0.05) is 103 Å². The van der Waals surface area contributed by atoms with Crippen molar-refractivity contribution < 1.29 is 8.83 Å². The van der Waals surface area contributed by atoms with Crippen molar-refractivity contribution in [3.63, 3.8) is 0 Å². The topological polar surface area (TPSA) is 29.5 Å². The van der Waals surface area contributed by atoms with E-state index in [4.69, 9.17) is 8.83 Å². The van der Waals surface area contributed by atoms with Crippen LogP contribution in [0.3, 0.4) is 0 Å². The highest BCUT2D eigenvalue weighted by atomic mass is 16.3. The van der Waals surface area contributed by atoms with Crippen LogP contribution in [-0.4, -0.2) is 0 Å². The molecule has 0 aliphatic rings. The second-order valence-corrected chi connectivity index (χ2v) is 12.1. The molecule has 220 valence electrons. The minimum absolute atomic E-state index is 0.857. The molecule has 47 heavy (non-hydrogen) atoms. The zero-order valence-electron chi connectivity index (χ0n) is 25.4. The van der Waals surface area contributed by atoms with Gasteiger partial charge < -0.3 is 13.7 Å². The van der Waals surface area contributed by atoms with Gasteiger partial charge in [0, 0.05) is 50.7 Å². The summed E-state index contributed by atoms with van der Waals surface area (Å²) >= 11 is 0. The number of benzene rings is 8. The molecule has 0 radical (unpaired) electrons. The van der Waals surface area contributed by atoms with E-state index in [1.54, 1.807) is 0 Å². The molecule has 0 saturated heterocycles. The van der Waals surface area contributed by atoms with Gasteiger partial charge in [0.05, 0.1) is 0 Å². The van der Waals surface area contributed by atoms with Gasteiger partial charge in [0.2, 0.25) is 0 Å². The van der Waals surface area contributed by atoms with E-state index in [1.807, 2.05) is 12.1 Å². The lowest BCUT2D eigenvalue weighted by Crippen LogP contribution is -2.09. The quantitative estimate of drug-likeness (QED) is 0.201. The van der Waals surface area contributed by atoms with Gasteiger partial charge in [-0.2, -0.15) is 0 Å². The van der Waals surface area contributed by atoms with Crippen LogP contribution in [0, 0.1) is 0 Å². The molecule has 10 rings (SSSR count). The highest BCUT2D eigenvalue weighted by Crippen LogP contribution is 2.42. The summed E-state index contributed by atoms with van der Waals surface area (Å²) in [6.45, 7) is 0. The maximum Gasteiger partial charge on any atom is 0.137 e. The SMILES string of the molecule is c1ccc2c(-c3ccc(N(c4ccc5c(c4)oc4ccccc45)c4ccc5c(c4)oc4ccc6ccccc6c45)cc3)cccc2c1. The van der Waals surface area contributed by atoms with Crippen molar-refractivity contribution in [1.29, 1.82) is 0 Å². The summed E-state index contributed by atoms with van der Waals surface area (Å²) in [7, 11) is 0. The Bertz CT molecular complexity index is 2800. The summed E-state index contributed by atoms with van der Waals surface area (Å²) in [6, 6.07) is 57.9. The number of fused-ring (bicyclic) bond motifs is 9. The van der Waals surface area contributed by atoms with Crippen molar-refractivity contribution in [1.82, 2.24) is 0 Å². The van der Waals surface area contributed by atoms with E-state index in [0.717, 1.165) is 60.9 Å². The van der Waals surface area contributed by atoms with E-state index >= 15 is 0 Å². The Morgan fingerprint density at radius 2 is 0.915 bits per heavy atom. The number of para-hydroxylation sites is 1. The van der Waals surface area contributed by atoms with Crippen LogP contribution in [0.2, 0.25) is 0 Å². The number of rotatable bonds is 4. The van der Waals surface area contributed by atoms with Crippen molar-refractivity contribution in [2.45, 2.75) is 0 Å². The van der Waals surface area contributed by atoms with Gasteiger partial charge in [0.1, 0.15) is 22.3 Å². The van der Waals surface area contributed by atoms with Gasteiger partial charge in [-0.05, 0) is 81.2 Å². The summed E-state index contributed by atoms with van der Waals surface area (Å²) in [4.78, 5) is 2.28. The number of nitrogens with zero attached hydrogens (tertiary/aromatic N) is 1. The second kappa shape index (κ2) is 10.1. The van der Waals surface area contributed by atoms with Crippen LogP contribution in [0.5, 0.6) is 0 Å². The normalized spacial score (nSPS) is 11.8. The van der Waals surface area contributed by atoms with Crippen LogP contribution < -0.4 is 4.90 Å². The first-order valence-corrected chi connectivity index (χ1v) is 15.9. The molecule has 0 atom stereocenters. The van der Waals surface area contributed by atoms with E-state index < -0.39 is 0 Å². The number of hydrogen-bond acceptors (Lipinski definition) is 3. The standard InChI is InChI=1S/C44H27NO2/c1-3-11-34-28(8-1)10-7-14-35(34)30-16-19-31(20-17-30)45(32-21-23-38-37-13-5-6-15-40(37)46-42(38)26-32)33-22-24-39-43(27-33)47-41-25-18-29-9-2-4-12-36(29)44(39)41/h1-27H. The highest BCUT2D eigenvalue weighted by molar-refractivity contribution is 6.19. The van der Waals surface area contributed by atoms with Gasteiger partial charge in [0.25, 0.3) is 0 Å². The summed E-state index contributed by atoms with van der Waals surface area (Å²) in [5.41, 5.74) is 8.97. The van der Waals surface area contributed by atoms with Crippen molar-refractivity contribution in [2.24, 2.45) is 0 Å². The van der Waals surface area contributed by atoms with Crippen LogP contribution in [0.15, 0.2) is 173 Å². The van der Waals surface area contributed by atoms with Crippen molar-refractivity contribution in [3.8, 4) is 11.1 Å². The Kier molecular flexibility index (Phi) is 5.57. The van der Waals surface area contributed by atoms with Crippen LogP contribution in [0.1, 0.15) is 0 Å². The lowest BCUT2D eigenvalue weighted by molar-refractivity contribution is 0.669. The van der Waals surface area contributed by atoms with Crippen LogP contribution in [0.25, 0.3) is 76.5 Å². The molecule has 3 nitrogen and oxygen atoms in total. The molecule has 0 N–H and O–H groups in total. The maximum atomic E-state index is 6.51.